The van der Waals surface area contributed by atoms with Crippen molar-refractivity contribution >= 4 is 6.09 Å². The molecule has 1 amide bonds. The Balaban J connectivity index is 1.95. The van der Waals surface area contributed by atoms with Gasteiger partial charge in [0.05, 0.1) is 12.1 Å². The largest absolute Gasteiger partial charge is 0.444 e. The lowest BCUT2D eigenvalue weighted by molar-refractivity contribution is 0.0447. The smallest absolute Gasteiger partial charge is 0.408 e. The van der Waals surface area contributed by atoms with E-state index in [4.69, 9.17) is 4.74 Å². The summed E-state index contributed by atoms with van der Waals surface area (Å²) in [4.78, 5) is 14.1. The third-order valence-corrected chi connectivity index (χ3v) is 3.84. The molecule has 0 radical (unpaired) electrons. The van der Waals surface area contributed by atoms with Crippen LogP contribution in [0.4, 0.5) is 4.79 Å². The van der Waals surface area contributed by atoms with Crippen LogP contribution in [0, 0.1) is 0 Å². The van der Waals surface area contributed by atoms with E-state index in [1.807, 2.05) is 45.9 Å². The van der Waals surface area contributed by atoms with Gasteiger partial charge in [-0.25, -0.2) is 4.79 Å². The highest BCUT2D eigenvalue weighted by Crippen LogP contribution is 2.21. The second-order valence-corrected chi connectivity index (χ2v) is 6.90. The molecule has 5 heteroatoms. The van der Waals surface area contributed by atoms with E-state index < -0.39 is 17.8 Å². The van der Waals surface area contributed by atoms with E-state index in [1.165, 1.54) is 5.56 Å². The fraction of sp³-hybridized carbons (Fsp3) is 0.588. The maximum atomic E-state index is 11.9. The van der Waals surface area contributed by atoms with Crippen LogP contribution in [0.1, 0.15) is 33.3 Å². The fourth-order valence-electron chi connectivity index (χ4n) is 2.76. The van der Waals surface area contributed by atoms with Crippen molar-refractivity contribution in [2.75, 3.05) is 6.54 Å². The Labute approximate surface area is 132 Å². The highest BCUT2D eigenvalue weighted by Gasteiger charge is 2.39. The van der Waals surface area contributed by atoms with Crippen LogP contribution < -0.4 is 5.32 Å². The quantitative estimate of drug-likeness (QED) is 0.898. The average Bonchev–Trinajstić information content (AvgIpc) is 2.66. The molecule has 0 aliphatic carbocycles. The Bertz CT molecular complexity index is 498. The lowest BCUT2D eigenvalue weighted by atomic mass is 10.1. The van der Waals surface area contributed by atoms with Gasteiger partial charge in [-0.3, -0.25) is 4.90 Å². The number of alkyl carbamates (subject to hydrolysis) is 1. The Morgan fingerprint density at radius 2 is 2.00 bits per heavy atom. The van der Waals surface area contributed by atoms with Gasteiger partial charge < -0.3 is 15.2 Å². The molecule has 2 rings (SSSR count). The Morgan fingerprint density at radius 3 is 2.59 bits per heavy atom. The number of aliphatic hydroxyl groups is 1. The van der Waals surface area contributed by atoms with Crippen LogP contribution in [-0.4, -0.2) is 46.4 Å². The molecular formula is C17H26N2O3. The van der Waals surface area contributed by atoms with Gasteiger partial charge in [-0.05, 0) is 33.3 Å². The molecular weight excluding hydrogens is 280 g/mol. The van der Waals surface area contributed by atoms with Gasteiger partial charge in [-0.15, -0.1) is 0 Å². The summed E-state index contributed by atoms with van der Waals surface area (Å²) in [5.41, 5.74) is 0.653. The van der Waals surface area contributed by atoms with E-state index in [2.05, 4.69) is 22.3 Å². The third kappa shape index (κ3) is 4.45. The maximum absolute atomic E-state index is 11.9. The summed E-state index contributed by atoms with van der Waals surface area (Å²) >= 11 is 0. The molecule has 1 aliphatic heterocycles. The van der Waals surface area contributed by atoms with Crippen molar-refractivity contribution in [3.63, 3.8) is 0 Å². The van der Waals surface area contributed by atoms with Crippen molar-refractivity contribution in [3.8, 4) is 0 Å². The number of ether oxygens (including phenoxy) is 1. The van der Waals surface area contributed by atoms with Crippen molar-refractivity contribution in [1.29, 1.82) is 0 Å². The van der Waals surface area contributed by atoms with Crippen LogP contribution in [-0.2, 0) is 11.3 Å². The topological polar surface area (TPSA) is 61.8 Å². The van der Waals surface area contributed by atoms with Gasteiger partial charge >= 0.3 is 6.09 Å². The van der Waals surface area contributed by atoms with E-state index in [1.54, 1.807) is 0 Å². The van der Waals surface area contributed by atoms with E-state index in [-0.39, 0.29) is 12.1 Å². The van der Waals surface area contributed by atoms with E-state index in [0.717, 1.165) is 6.54 Å². The number of nitrogens with one attached hydrogen (secondary N) is 1. The highest BCUT2D eigenvalue weighted by molar-refractivity contribution is 5.68. The molecule has 0 bridgehead atoms. The van der Waals surface area contributed by atoms with Gasteiger partial charge in [0.25, 0.3) is 0 Å². The van der Waals surface area contributed by atoms with Crippen LogP contribution in [0.2, 0.25) is 0 Å². The van der Waals surface area contributed by atoms with E-state index in [9.17, 15) is 9.90 Å². The summed E-state index contributed by atoms with van der Waals surface area (Å²) in [5.74, 6) is 0. The van der Waals surface area contributed by atoms with Crippen molar-refractivity contribution in [2.45, 2.75) is 58.0 Å². The number of β-amino-alcohol motifs (C(OH)–C–C–N with tert-alkyl or cyclic N) is 1. The van der Waals surface area contributed by atoms with Crippen LogP contribution in [0.3, 0.4) is 0 Å². The summed E-state index contributed by atoms with van der Waals surface area (Å²) in [5, 5.41) is 13.0. The molecule has 0 aromatic heterocycles. The molecule has 1 aliphatic rings. The molecule has 1 aromatic carbocycles. The molecule has 1 fully saturated rings. The van der Waals surface area contributed by atoms with Crippen LogP contribution in [0.25, 0.3) is 0 Å². The van der Waals surface area contributed by atoms with Crippen molar-refractivity contribution in [2.24, 2.45) is 0 Å². The van der Waals surface area contributed by atoms with E-state index >= 15 is 0 Å². The molecule has 1 saturated heterocycles. The molecule has 122 valence electrons. The number of nitrogens with zero attached hydrogens (tertiary/aromatic N) is 1. The number of hydrogen-bond donors (Lipinski definition) is 2. The Hall–Kier alpha value is -1.59. The summed E-state index contributed by atoms with van der Waals surface area (Å²) < 4.78 is 5.27. The lowest BCUT2D eigenvalue weighted by Crippen LogP contribution is -2.48. The maximum Gasteiger partial charge on any atom is 0.408 e. The van der Waals surface area contributed by atoms with Crippen molar-refractivity contribution in [3.05, 3.63) is 35.9 Å². The first-order chi connectivity index (χ1) is 10.3. The zero-order valence-corrected chi connectivity index (χ0v) is 13.7. The van der Waals surface area contributed by atoms with E-state index in [0.29, 0.717) is 6.54 Å². The molecule has 1 unspecified atom stereocenters. The molecule has 1 heterocycles. The van der Waals surface area contributed by atoms with Crippen LogP contribution in [0.5, 0.6) is 0 Å². The van der Waals surface area contributed by atoms with Crippen LogP contribution >= 0.6 is 0 Å². The lowest BCUT2D eigenvalue weighted by Gasteiger charge is -2.26. The predicted molar refractivity (Wildman–Crippen MR) is 85.5 cm³/mol. The molecule has 0 saturated carbocycles. The van der Waals surface area contributed by atoms with Crippen molar-refractivity contribution in [1.82, 2.24) is 10.2 Å². The normalized spacial score (nSPS) is 26.0. The minimum absolute atomic E-state index is 0.0442. The number of carbonyl (C=O) groups excluding carboxylic acids is 1. The molecule has 22 heavy (non-hydrogen) atoms. The fourth-order valence-corrected chi connectivity index (χ4v) is 2.76. The zero-order valence-electron chi connectivity index (χ0n) is 13.7. The molecule has 0 spiro atoms. The summed E-state index contributed by atoms with van der Waals surface area (Å²) in [6, 6.07) is 9.84. The number of amides is 1. The second kappa shape index (κ2) is 6.67. The number of benzene rings is 1. The Kier molecular flexibility index (Phi) is 5.08. The number of carbonyl (C=O) groups is 1. The van der Waals surface area contributed by atoms with Crippen LogP contribution in [0.15, 0.2) is 30.3 Å². The van der Waals surface area contributed by atoms with Gasteiger partial charge in [0.15, 0.2) is 0 Å². The number of hydrogen-bond acceptors (Lipinski definition) is 4. The standard InChI is InChI=1S/C17H26N2O3/c1-12-15(18-16(21)22-17(2,3)4)14(20)11-19(12)10-13-8-6-5-7-9-13/h5-9,12,14-15,20H,10-11H2,1-4H3,(H,18,21)/t12?,14-,15-/m0/s1. The summed E-state index contributed by atoms with van der Waals surface area (Å²) in [6.07, 6.45) is -1.07. The number of likely N-dealkylation sites (tertiary alicyclic amines) is 1. The van der Waals surface area contributed by atoms with Gasteiger partial charge in [0.2, 0.25) is 0 Å². The number of rotatable bonds is 3. The van der Waals surface area contributed by atoms with Gasteiger partial charge in [-0.2, -0.15) is 0 Å². The molecule has 3 atom stereocenters. The van der Waals surface area contributed by atoms with Gasteiger partial charge in [0.1, 0.15) is 5.60 Å². The Morgan fingerprint density at radius 1 is 1.36 bits per heavy atom. The number of aliphatic hydroxyl groups excluding tert-OH is 1. The summed E-state index contributed by atoms with van der Waals surface area (Å²) in [7, 11) is 0. The first-order valence-corrected chi connectivity index (χ1v) is 7.72. The van der Waals surface area contributed by atoms with Gasteiger partial charge in [-0.1, -0.05) is 30.3 Å². The first kappa shape index (κ1) is 16.8. The first-order valence-electron chi connectivity index (χ1n) is 7.72. The molecule has 5 nitrogen and oxygen atoms in total. The summed E-state index contributed by atoms with van der Waals surface area (Å²) in [6.45, 7) is 8.78. The monoisotopic (exact) mass is 306 g/mol. The molecule has 1 aromatic rings. The second-order valence-electron chi connectivity index (χ2n) is 6.90. The van der Waals surface area contributed by atoms with Gasteiger partial charge in [0, 0.05) is 19.1 Å². The minimum Gasteiger partial charge on any atom is -0.444 e. The molecule has 2 N–H and O–H groups in total. The third-order valence-electron chi connectivity index (χ3n) is 3.84. The minimum atomic E-state index is -0.591. The highest BCUT2D eigenvalue weighted by atomic mass is 16.6. The predicted octanol–water partition coefficient (Wildman–Crippen LogP) is 2.14. The average molecular weight is 306 g/mol. The SMILES string of the molecule is CC1[C@H](NC(=O)OC(C)(C)C)[C@@H](O)CN1Cc1ccccc1. The zero-order chi connectivity index (χ0) is 16.3. The van der Waals surface area contributed by atoms with Crippen molar-refractivity contribution < 1.29 is 14.6 Å².